The van der Waals surface area contributed by atoms with Crippen molar-refractivity contribution in [2.75, 3.05) is 25.2 Å². The van der Waals surface area contributed by atoms with E-state index in [0.29, 0.717) is 35.2 Å². The van der Waals surface area contributed by atoms with Crippen molar-refractivity contribution in [1.29, 1.82) is 0 Å². The Hall–Kier alpha value is -4.59. The number of methoxy groups -OCH3 is 1. The highest BCUT2D eigenvalue weighted by Gasteiger charge is 2.52. The van der Waals surface area contributed by atoms with Gasteiger partial charge in [-0.15, -0.1) is 0 Å². The average Bonchev–Trinajstić information content (AvgIpc) is 3.72. The predicted molar refractivity (Wildman–Crippen MR) is 152 cm³/mol. The predicted octanol–water partition coefficient (Wildman–Crippen LogP) is 7.21. The molecule has 5 rings (SSSR count). The van der Waals surface area contributed by atoms with Crippen molar-refractivity contribution in [2.45, 2.75) is 39.0 Å². The monoisotopic (exact) mass is 540 g/mol. The van der Waals surface area contributed by atoms with E-state index in [9.17, 15) is 9.59 Å². The molecule has 1 aliphatic rings. The minimum absolute atomic E-state index is 0.142. The van der Waals surface area contributed by atoms with Crippen molar-refractivity contribution >= 4 is 23.4 Å². The summed E-state index contributed by atoms with van der Waals surface area (Å²) in [7, 11) is 1.59. The summed E-state index contributed by atoms with van der Waals surface area (Å²) in [6.45, 7) is 5.99. The molecule has 4 aromatic rings. The molecule has 0 radical (unpaired) electrons. The molecule has 0 spiro atoms. The number of hydrogen-bond acceptors (Lipinski definition) is 7. The van der Waals surface area contributed by atoms with Crippen LogP contribution in [0, 0.1) is 6.92 Å². The van der Waals surface area contributed by atoms with Crippen molar-refractivity contribution < 1.29 is 28.3 Å². The second-order valence-electron chi connectivity index (χ2n) is 9.64. The zero-order chi connectivity index (χ0) is 28.3. The van der Waals surface area contributed by atoms with Gasteiger partial charge in [-0.2, -0.15) is 0 Å². The molecule has 1 amide bonds. The Morgan fingerprint density at radius 1 is 0.850 bits per heavy atom. The van der Waals surface area contributed by atoms with E-state index in [-0.39, 0.29) is 12.6 Å². The zero-order valence-electron chi connectivity index (χ0n) is 23.1. The van der Waals surface area contributed by atoms with E-state index >= 15 is 0 Å². The molecule has 0 saturated heterocycles. The average molecular weight is 541 g/mol. The smallest absolute Gasteiger partial charge is 0.419 e. The van der Waals surface area contributed by atoms with Crippen LogP contribution < -0.4 is 9.64 Å². The molecule has 1 saturated carbocycles. The van der Waals surface area contributed by atoms with Crippen molar-refractivity contribution in [3.8, 4) is 28.2 Å². The lowest BCUT2D eigenvalue weighted by molar-refractivity contribution is -0.146. The second kappa shape index (κ2) is 11.3. The van der Waals surface area contributed by atoms with Crippen molar-refractivity contribution in [1.82, 2.24) is 5.16 Å². The van der Waals surface area contributed by atoms with Gasteiger partial charge in [0.25, 0.3) is 0 Å². The van der Waals surface area contributed by atoms with Crippen LogP contribution in [0.25, 0.3) is 22.5 Å². The fourth-order valence-electron chi connectivity index (χ4n) is 4.86. The highest BCUT2D eigenvalue weighted by molar-refractivity contribution is 6.00. The Bertz CT molecular complexity index is 1490. The minimum Gasteiger partial charge on any atom is -0.497 e. The fourth-order valence-corrected chi connectivity index (χ4v) is 4.86. The Labute approximate surface area is 233 Å². The van der Waals surface area contributed by atoms with Gasteiger partial charge in [-0.3, -0.25) is 4.79 Å². The fraction of sp³-hybridized carbons (Fsp3) is 0.281. The van der Waals surface area contributed by atoms with Gasteiger partial charge in [0.05, 0.1) is 31.4 Å². The first kappa shape index (κ1) is 27.0. The number of ether oxygens (including phenoxy) is 3. The van der Waals surface area contributed by atoms with Crippen LogP contribution in [0.5, 0.6) is 5.75 Å². The largest absolute Gasteiger partial charge is 0.497 e. The molecule has 0 bridgehead atoms. The molecule has 0 aliphatic heterocycles. The Morgan fingerprint density at radius 2 is 1.43 bits per heavy atom. The minimum atomic E-state index is -0.534. The van der Waals surface area contributed by atoms with Crippen LogP contribution in [-0.2, 0) is 19.7 Å². The zero-order valence-corrected chi connectivity index (χ0v) is 23.1. The van der Waals surface area contributed by atoms with Gasteiger partial charge in [-0.25, -0.2) is 9.69 Å². The molecule has 1 heterocycles. The normalized spacial score (nSPS) is 13.4. The van der Waals surface area contributed by atoms with Crippen LogP contribution in [0.1, 0.15) is 37.9 Å². The van der Waals surface area contributed by atoms with Gasteiger partial charge in [0.2, 0.25) is 0 Å². The number of hydrogen-bond donors (Lipinski definition) is 0. The van der Waals surface area contributed by atoms with E-state index in [4.69, 9.17) is 18.7 Å². The summed E-state index contributed by atoms with van der Waals surface area (Å²) < 4.78 is 21.7. The first-order chi connectivity index (χ1) is 19.4. The van der Waals surface area contributed by atoms with Gasteiger partial charge in [-0.05, 0) is 74.6 Å². The maximum absolute atomic E-state index is 13.1. The van der Waals surface area contributed by atoms with Gasteiger partial charge >= 0.3 is 12.1 Å². The molecule has 1 fully saturated rings. The molecule has 0 N–H and O–H groups in total. The van der Waals surface area contributed by atoms with Crippen LogP contribution in [0.15, 0.2) is 77.3 Å². The van der Waals surface area contributed by atoms with Crippen molar-refractivity contribution in [2.24, 2.45) is 0 Å². The SMILES string of the molecule is CCOC(=O)N(c1ccc(OC)cc1)c1c(C)noc1-c1ccc(-c2ccc(C3(C(=O)OCC)CC3)cc2)cc1. The maximum atomic E-state index is 13.1. The van der Waals surface area contributed by atoms with E-state index in [2.05, 4.69) is 5.16 Å². The third-order valence-corrected chi connectivity index (χ3v) is 7.17. The van der Waals surface area contributed by atoms with Crippen molar-refractivity contribution in [3.05, 3.63) is 84.1 Å². The molecular weight excluding hydrogens is 508 g/mol. The quantitative estimate of drug-likeness (QED) is 0.207. The van der Waals surface area contributed by atoms with E-state index < -0.39 is 11.5 Å². The molecule has 206 valence electrons. The van der Waals surface area contributed by atoms with Crippen LogP contribution >= 0.6 is 0 Å². The Balaban J connectivity index is 1.44. The van der Waals surface area contributed by atoms with Crippen LogP contribution in [0.2, 0.25) is 0 Å². The van der Waals surface area contributed by atoms with Gasteiger partial charge in [0, 0.05) is 5.56 Å². The number of aryl methyl sites for hydroxylation is 1. The highest BCUT2D eigenvalue weighted by Crippen LogP contribution is 2.49. The number of benzene rings is 3. The number of rotatable bonds is 9. The third-order valence-electron chi connectivity index (χ3n) is 7.17. The lowest BCUT2D eigenvalue weighted by Gasteiger charge is -2.22. The molecule has 3 aromatic carbocycles. The lowest BCUT2D eigenvalue weighted by Crippen LogP contribution is -2.27. The van der Waals surface area contributed by atoms with E-state index in [0.717, 1.165) is 35.1 Å². The van der Waals surface area contributed by atoms with E-state index in [1.165, 1.54) is 4.90 Å². The summed E-state index contributed by atoms with van der Waals surface area (Å²) in [6.07, 6.45) is 1.10. The Morgan fingerprint density at radius 3 is 1.98 bits per heavy atom. The second-order valence-corrected chi connectivity index (χ2v) is 9.64. The summed E-state index contributed by atoms with van der Waals surface area (Å²) in [5, 5.41) is 4.18. The number of anilines is 2. The molecule has 8 nitrogen and oxygen atoms in total. The van der Waals surface area contributed by atoms with E-state index in [1.807, 2.05) is 55.5 Å². The maximum Gasteiger partial charge on any atom is 0.419 e. The molecule has 8 heteroatoms. The standard InChI is InChI=1S/C32H32N2O6/c1-5-38-30(35)32(19-20-32)25-13-11-23(12-14-25)22-7-9-24(10-8-22)29-28(21(3)33-40-29)34(31(36)39-6-2)26-15-17-27(37-4)18-16-26/h7-18H,5-6,19-20H2,1-4H3. The number of esters is 1. The summed E-state index contributed by atoms with van der Waals surface area (Å²) in [4.78, 5) is 27.0. The molecule has 0 unspecified atom stereocenters. The molecule has 1 aliphatic carbocycles. The number of carbonyl (C=O) groups is 2. The number of aromatic nitrogens is 1. The summed E-state index contributed by atoms with van der Waals surface area (Å²) in [5.41, 5.74) is 4.95. The summed E-state index contributed by atoms with van der Waals surface area (Å²) in [6, 6.07) is 23.1. The number of amides is 1. The van der Waals surface area contributed by atoms with Crippen LogP contribution in [0.4, 0.5) is 16.2 Å². The third kappa shape index (κ3) is 5.04. The van der Waals surface area contributed by atoms with Gasteiger partial charge < -0.3 is 18.7 Å². The highest BCUT2D eigenvalue weighted by atomic mass is 16.6. The van der Waals surface area contributed by atoms with Gasteiger partial charge in [0.15, 0.2) is 5.76 Å². The summed E-state index contributed by atoms with van der Waals surface area (Å²) in [5.74, 6) is 0.983. The van der Waals surface area contributed by atoms with Gasteiger partial charge in [-0.1, -0.05) is 53.7 Å². The van der Waals surface area contributed by atoms with Crippen molar-refractivity contribution in [3.63, 3.8) is 0 Å². The van der Waals surface area contributed by atoms with E-state index in [1.54, 1.807) is 45.2 Å². The molecule has 40 heavy (non-hydrogen) atoms. The summed E-state index contributed by atoms with van der Waals surface area (Å²) >= 11 is 0. The molecular formula is C32H32N2O6. The topological polar surface area (TPSA) is 91.1 Å². The Kier molecular flexibility index (Phi) is 7.60. The first-order valence-electron chi connectivity index (χ1n) is 13.4. The number of carbonyl (C=O) groups excluding carboxylic acids is 2. The lowest BCUT2D eigenvalue weighted by atomic mass is 9.93. The van der Waals surface area contributed by atoms with Crippen LogP contribution in [0.3, 0.4) is 0 Å². The van der Waals surface area contributed by atoms with Crippen LogP contribution in [-0.4, -0.2) is 37.5 Å². The first-order valence-corrected chi connectivity index (χ1v) is 13.4. The number of nitrogens with zero attached hydrogens (tertiary/aromatic N) is 2. The molecule has 1 aromatic heterocycles. The molecule has 0 atom stereocenters. The van der Waals surface area contributed by atoms with Gasteiger partial charge in [0.1, 0.15) is 17.1 Å².